The first-order valence-electron chi connectivity index (χ1n) is 6.72. The maximum absolute atomic E-state index is 12.7. The summed E-state index contributed by atoms with van der Waals surface area (Å²) in [5.74, 6) is 0.734. The van der Waals surface area contributed by atoms with E-state index in [4.69, 9.17) is 4.74 Å². The molecule has 1 aliphatic heterocycles. The van der Waals surface area contributed by atoms with E-state index in [0.29, 0.717) is 0 Å². The van der Waals surface area contributed by atoms with Gasteiger partial charge in [0.1, 0.15) is 5.75 Å². The third-order valence-electron chi connectivity index (χ3n) is 3.81. The smallest absolute Gasteiger partial charge is 0.211 e. The molecule has 4 nitrogen and oxygen atoms in total. The van der Waals surface area contributed by atoms with Gasteiger partial charge < -0.3 is 14.5 Å². The summed E-state index contributed by atoms with van der Waals surface area (Å²) in [7, 11) is 3.74. The van der Waals surface area contributed by atoms with Crippen molar-refractivity contribution in [3.63, 3.8) is 0 Å². The highest BCUT2D eigenvalue weighted by molar-refractivity contribution is 7.16. The van der Waals surface area contributed by atoms with Crippen LogP contribution in [0.1, 0.15) is 0 Å². The van der Waals surface area contributed by atoms with Gasteiger partial charge in [0.05, 0.1) is 12.8 Å². The molecule has 1 saturated heterocycles. The molecule has 0 spiro atoms. The summed E-state index contributed by atoms with van der Waals surface area (Å²) in [6.45, 7) is 3.82. The average molecular weight is 290 g/mol. The standard InChI is InChI=1S/C15H18N2O2S/c1-16-5-7-17(8-6-16)13-10-20-14-4-3-11(19-2)9-12(14)15(13)18/h3-4,9-10H,5-8H2,1-2H3. The second kappa shape index (κ2) is 5.42. The molecule has 0 saturated carbocycles. The SMILES string of the molecule is COc1ccc2scc(N3CCN(C)CC3)c(=O)c2c1. The number of anilines is 1. The zero-order chi connectivity index (χ0) is 14.1. The summed E-state index contributed by atoms with van der Waals surface area (Å²) in [5, 5.41) is 2.74. The van der Waals surface area contributed by atoms with Gasteiger partial charge >= 0.3 is 0 Å². The molecule has 1 fully saturated rings. The van der Waals surface area contributed by atoms with Crippen LogP contribution in [0.5, 0.6) is 5.75 Å². The summed E-state index contributed by atoms with van der Waals surface area (Å²) in [4.78, 5) is 17.2. The summed E-state index contributed by atoms with van der Waals surface area (Å²) >= 11 is 1.62. The third-order valence-corrected chi connectivity index (χ3v) is 4.76. The molecule has 20 heavy (non-hydrogen) atoms. The van der Waals surface area contributed by atoms with E-state index in [1.54, 1.807) is 18.4 Å². The van der Waals surface area contributed by atoms with Crippen LogP contribution in [0.25, 0.3) is 10.1 Å². The maximum Gasteiger partial charge on any atom is 0.211 e. The topological polar surface area (TPSA) is 32.8 Å². The van der Waals surface area contributed by atoms with Gasteiger partial charge in [0, 0.05) is 41.6 Å². The van der Waals surface area contributed by atoms with Gasteiger partial charge in [0.2, 0.25) is 5.43 Å². The number of methoxy groups -OCH3 is 1. The highest BCUT2D eigenvalue weighted by atomic mass is 32.1. The van der Waals surface area contributed by atoms with E-state index >= 15 is 0 Å². The lowest BCUT2D eigenvalue weighted by molar-refractivity contribution is 0.313. The van der Waals surface area contributed by atoms with E-state index in [9.17, 15) is 4.79 Å². The normalized spacial score (nSPS) is 16.6. The highest BCUT2D eigenvalue weighted by Crippen LogP contribution is 2.25. The Morgan fingerprint density at radius 2 is 1.95 bits per heavy atom. The molecule has 0 aliphatic carbocycles. The van der Waals surface area contributed by atoms with Crippen LogP contribution in [-0.4, -0.2) is 45.2 Å². The fraction of sp³-hybridized carbons (Fsp3) is 0.400. The van der Waals surface area contributed by atoms with Gasteiger partial charge in [-0.2, -0.15) is 0 Å². The molecule has 0 bridgehead atoms. The molecule has 0 N–H and O–H groups in total. The molecule has 1 aromatic carbocycles. The fourth-order valence-corrected chi connectivity index (χ4v) is 3.41. The first-order valence-corrected chi connectivity index (χ1v) is 7.60. The van der Waals surface area contributed by atoms with Crippen molar-refractivity contribution in [1.82, 2.24) is 4.90 Å². The number of benzene rings is 1. The zero-order valence-corrected chi connectivity index (χ0v) is 12.6. The minimum absolute atomic E-state index is 0.113. The van der Waals surface area contributed by atoms with Crippen molar-refractivity contribution in [2.24, 2.45) is 0 Å². The van der Waals surface area contributed by atoms with Crippen molar-refractivity contribution in [2.75, 3.05) is 45.2 Å². The van der Waals surface area contributed by atoms with Crippen molar-refractivity contribution in [2.45, 2.75) is 0 Å². The molecule has 0 amide bonds. The summed E-state index contributed by atoms with van der Waals surface area (Å²) in [6, 6.07) is 5.69. The van der Waals surface area contributed by atoms with Gasteiger partial charge in [0.25, 0.3) is 0 Å². The van der Waals surface area contributed by atoms with Crippen molar-refractivity contribution < 1.29 is 4.74 Å². The lowest BCUT2D eigenvalue weighted by Crippen LogP contribution is -2.45. The van der Waals surface area contributed by atoms with Crippen LogP contribution in [0.15, 0.2) is 28.4 Å². The van der Waals surface area contributed by atoms with Crippen molar-refractivity contribution in [3.8, 4) is 5.75 Å². The average Bonchev–Trinajstić information content (AvgIpc) is 2.49. The number of hydrogen-bond acceptors (Lipinski definition) is 5. The second-order valence-corrected chi connectivity index (χ2v) is 6.01. The number of hydrogen-bond donors (Lipinski definition) is 0. The Labute approximate surface area is 122 Å². The summed E-state index contributed by atoms with van der Waals surface area (Å²) in [5.41, 5.74) is 0.936. The molecule has 2 aromatic rings. The van der Waals surface area contributed by atoms with Crippen LogP contribution in [0.3, 0.4) is 0 Å². The molecular weight excluding hydrogens is 272 g/mol. The molecule has 5 heteroatoms. The third kappa shape index (κ3) is 2.39. The van der Waals surface area contributed by atoms with Crippen LogP contribution in [0.4, 0.5) is 5.69 Å². The van der Waals surface area contributed by atoms with Crippen molar-refractivity contribution in [3.05, 3.63) is 33.8 Å². The van der Waals surface area contributed by atoms with Gasteiger partial charge in [-0.1, -0.05) is 0 Å². The number of rotatable bonds is 2. The lowest BCUT2D eigenvalue weighted by Gasteiger charge is -2.33. The molecule has 106 valence electrons. The molecule has 1 aliphatic rings. The predicted octanol–water partition coefficient (Wildman–Crippen LogP) is 2.02. The first kappa shape index (κ1) is 13.4. The van der Waals surface area contributed by atoms with Crippen LogP contribution >= 0.6 is 11.3 Å². The van der Waals surface area contributed by atoms with E-state index < -0.39 is 0 Å². The quantitative estimate of drug-likeness (QED) is 0.847. The number of fused-ring (bicyclic) bond motifs is 1. The Kier molecular flexibility index (Phi) is 3.63. The first-order chi connectivity index (χ1) is 9.69. The monoisotopic (exact) mass is 290 g/mol. The predicted molar refractivity (Wildman–Crippen MR) is 84.4 cm³/mol. The van der Waals surface area contributed by atoms with Gasteiger partial charge in [-0.25, -0.2) is 0 Å². The van der Waals surface area contributed by atoms with Crippen molar-refractivity contribution >= 4 is 27.1 Å². The van der Waals surface area contributed by atoms with E-state index in [1.807, 2.05) is 23.6 Å². The van der Waals surface area contributed by atoms with Crippen molar-refractivity contribution in [1.29, 1.82) is 0 Å². The highest BCUT2D eigenvalue weighted by Gasteiger charge is 2.18. The Morgan fingerprint density at radius 1 is 1.20 bits per heavy atom. The number of likely N-dealkylation sites (N-methyl/N-ethyl adjacent to an activating group) is 1. The zero-order valence-electron chi connectivity index (χ0n) is 11.8. The maximum atomic E-state index is 12.7. The van der Waals surface area contributed by atoms with E-state index in [0.717, 1.165) is 47.7 Å². The van der Waals surface area contributed by atoms with Crippen LogP contribution in [0, 0.1) is 0 Å². The Bertz CT molecular complexity index is 675. The number of ether oxygens (including phenoxy) is 1. The van der Waals surface area contributed by atoms with Crippen LogP contribution in [-0.2, 0) is 0 Å². The molecular formula is C15H18N2O2S. The van der Waals surface area contributed by atoms with Crippen LogP contribution < -0.4 is 15.1 Å². The number of nitrogens with zero attached hydrogens (tertiary/aromatic N) is 2. The van der Waals surface area contributed by atoms with Crippen LogP contribution in [0.2, 0.25) is 0 Å². The Hall–Kier alpha value is -1.59. The van der Waals surface area contributed by atoms with E-state index in [2.05, 4.69) is 16.8 Å². The minimum Gasteiger partial charge on any atom is -0.497 e. The van der Waals surface area contributed by atoms with Gasteiger partial charge in [-0.15, -0.1) is 11.3 Å². The molecule has 2 heterocycles. The fourth-order valence-electron chi connectivity index (χ4n) is 2.49. The van der Waals surface area contributed by atoms with E-state index in [1.165, 1.54) is 0 Å². The largest absolute Gasteiger partial charge is 0.497 e. The van der Waals surface area contributed by atoms with E-state index in [-0.39, 0.29) is 5.43 Å². The minimum atomic E-state index is 0.113. The Morgan fingerprint density at radius 3 is 2.65 bits per heavy atom. The van der Waals surface area contributed by atoms with Gasteiger partial charge in [-0.3, -0.25) is 4.79 Å². The summed E-state index contributed by atoms with van der Waals surface area (Å²) < 4.78 is 6.23. The molecule has 0 atom stereocenters. The summed E-state index contributed by atoms with van der Waals surface area (Å²) in [6.07, 6.45) is 0. The molecule has 3 rings (SSSR count). The molecule has 0 radical (unpaired) electrons. The van der Waals surface area contributed by atoms with Gasteiger partial charge in [-0.05, 0) is 25.2 Å². The number of piperazine rings is 1. The second-order valence-electron chi connectivity index (χ2n) is 5.10. The Balaban J connectivity index is 2.04. The van der Waals surface area contributed by atoms with Gasteiger partial charge in [0.15, 0.2) is 0 Å². The lowest BCUT2D eigenvalue weighted by atomic mass is 10.2. The molecule has 0 unspecified atom stereocenters. The molecule has 1 aromatic heterocycles.